The van der Waals surface area contributed by atoms with Crippen LogP contribution in [-0.4, -0.2) is 4.98 Å². The van der Waals surface area contributed by atoms with Gasteiger partial charge in [0.1, 0.15) is 5.82 Å². The van der Waals surface area contributed by atoms with Gasteiger partial charge in [0.15, 0.2) is 5.13 Å². The van der Waals surface area contributed by atoms with Crippen molar-refractivity contribution in [1.29, 1.82) is 0 Å². The molecule has 4 heteroatoms. The van der Waals surface area contributed by atoms with E-state index in [2.05, 4.69) is 10.3 Å². The molecule has 1 aromatic heterocycles. The second-order valence-electron chi connectivity index (χ2n) is 4.05. The quantitative estimate of drug-likeness (QED) is 0.732. The predicted octanol–water partition coefficient (Wildman–Crippen LogP) is 4.49. The SMILES string of the molecule is Cc1cccc2sc(Nc3ccccc3F)nc12. The number of anilines is 2. The molecule has 0 fully saturated rings. The lowest BCUT2D eigenvalue weighted by molar-refractivity contribution is 0.632. The van der Waals surface area contributed by atoms with Crippen molar-refractivity contribution in [1.82, 2.24) is 4.98 Å². The number of hydrogen-bond acceptors (Lipinski definition) is 3. The highest BCUT2D eigenvalue weighted by Crippen LogP contribution is 2.30. The van der Waals surface area contributed by atoms with E-state index in [1.54, 1.807) is 18.2 Å². The van der Waals surface area contributed by atoms with Crippen LogP contribution in [0, 0.1) is 12.7 Å². The Morgan fingerprint density at radius 2 is 1.94 bits per heavy atom. The summed E-state index contributed by atoms with van der Waals surface area (Å²) in [5, 5.41) is 3.73. The summed E-state index contributed by atoms with van der Waals surface area (Å²) in [5.41, 5.74) is 2.56. The molecule has 0 aliphatic rings. The predicted molar refractivity (Wildman–Crippen MR) is 74.0 cm³/mol. The maximum atomic E-state index is 13.5. The zero-order valence-electron chi connectivity index (χ0n) is 9.77. The maximum absolute atomic E-state index is 13.5. The van der Waals surface area contributed by atoms with E-state index in [-0.39, 0.29) is 5.82 Å². The number of fused-ring (bicyclic) bond motifs is 1. The molecule has 1 heterocycles. The van der Waals surface area contributed by atoms with Gasteiger partial charge in [-0.1, -0.05) is 35.6 Å². The molecule has 2 aromatic carbocycles. The van der Waals surface area contributed by atoms with Crippen LogP contribution in [0.2, 0.25) is 0 Å². The molecule has 0 saturated carbocycles. The molecule has 0 atom stereocenters. The van der Waals surface area contributed by atoms with E-state index < -0.39 is 0 Å². The van der Waals surface area contributed by atoms with Crippen LogP contribution in [0.15, 0.2) is 42.5 Å². The van der Waals surface area contributed by atoms with Gasteiger partial charge in [0.25, 0.3) is 0 Å². The topological polar surface area (TPSA) is 24.9 Å². The molecule has 1 N–H and O–H groups in total. The normalized spacial score (nSPS) is 10.8. The fourth-order valence-corrected chi connectivity index (χ4v) is 2.77. The molecule has 0 bridgehead atoms. The Kier molecular flexibility index (Phi) is 2.72. The van der Waals surface area contributed by atoms with Gasteiger partial charge in [-0.15, -0.1) is 0 Å². The highest BCUT2D eigenvalue weighted by Gasteiger charge is 2.07. The van der Waals surface area contributed by atoms with Gasteiger partial charge in [-0.3, -0.25) is 0 Å². The molecule has 0 aliphatic heterocycles. The zero-order valence-corrected chi connectivity index (χ0v) is 10.6. The van der Waals surface area contributed by atoms with E-state index in [4.69, 9.17) is 0 Å². The molecule has 0 radical (unpaired) electrons. The van der Waals surface area contributed by atoms with Crippen molar-refractivity contribution in [3.63, 3.8) is 0 Å². The highest BCUT2D eigenvalue weighted by atomic mass is 32.1. The van der Waals surface area contributed by atoms with Crippen molar-refractivity contribution in [3.05, 3.63) is 53.8 Å². The smallest absolute Gasteiger partial charge is 0.188 e. The lowest BCUT2D eigenvalue weighted by Crippen LogP contribution is -1.92. The van der Waals surface area contributed by atoms with E-state index in [0.29, 0.717) is 10.8 Å². The van der Waals surface area contributed by atoms with Crippen LogP contribution in [0.25, 0.3) is 10.2 Å². The summed E-state index contributed by atoms with van der Waals surface area (Å²) in [4.78, 5) is 4.49. The fourth-order valence-electron chi connectivity index (χ4n) is 1.82. The van der Waals surface area contributed by atoms with Crippen molar-refractivity contribution in [2.24, 2.45) is 0 Å². The molecule has 0 spiro atoms. The number of hydrogen-bond donors (Lipinski definition) is 1. The average Bonchev–Trinajstić information content (AvgIpc) is 2.76. The summed E-state index contributed by atoms with van der Waals surface area (Å²) in [7, 11) is 0. The van der Waals surface area contributed by atoms with Gasteiger partial charge in [-0.25, -0.2) is 9.37 Å². The van der Waals surface area contributed by atoms with E-state index in [9.17, 15) is 4.39 Å². The molecule has 0 aliphatic carbocycles. The van der Waals surface area contributed by atoms with Crippen molar-refractivity contribution in [2.75, 3.05) is 5.32 Å². The largest absolute Gasteiger partial charge is 0.329 e. The Bertz CT molecular complexity index is 706. The standard InChI is InChI=1S/C14H11FN2S/c1-9-5-4-8-12-13(9)17-14(18-12)16-11-7-3-2-6-10(11)15/h2-8H,1H3,(H,16,17). The molecule has 90 valence electrons. The number of aromatic nitrogens is 1. The molecular formula is C14H11FN2S. The van der Waals surface area contributed by atoms with E-state index in [1.165, 1.54) is 17.4 Å². The van der Waals surface area contributed by atoms with Crippen LogP contribution < -0.4 is 5.32 Å². The summed E-state index contributed by atoms with van der Waals surface area (Å²) in [6.07, 6.45) is 0. The fraction of sp³-hybridized carbons (Fsp3) is 0.0714. The second-order valence-corrected chi connectivity index (χ2v) is 5.08. The van der Waals surface area contributed by atoms with Gasteiger partial charge >= 0.3 is 0 Å². The van der Waals surface area contributed by atoms with Crippen LogP contribution >= 0.6 is 11.3 Å². The number of para-hydroxylation sites is 2. The number of rotatable bonds is 2. The first kappa shape index (κ1) is 11.2. The third kappa shape index (κ3) is 1.95. The first-order valence-corrected chi connectivity index (χ1v) is 6.43. The van der Waals surface area contributed by atoms with Gasteiger partial charge in [0.05, 0.1) is 15.9 Å². The summed E-state index contributed by atoms with van der Waals surface area (Å²) in [6, 6.07) is 12.6. The number of benzene rings is 2. The summed E-state index contributed by atoms with van der Waals surface area (Å²) < 4.78 is 14.6. The molecule has 18 heavy (non-hydrogen) atoms. The van der Waals surface area contributed by atoms with Crippen LogP contribution in [-0.2, 0) is 0 Å². The Morgan fingerprint density at radius 3 is 2.72 bits per heavy atom. The molecular weight excluding hydrogens is 247 g/mol. The Hall–Kier alpha value is -1.94. The third-order valence-electron chi connectivity index (χ3n) is 2.74. The second kappa shape index (κ2) is 4.38. The lowest BCUT2D eigenvalue weighted by Gasteiger charge is -2.02. The number of halogens is 1. The minimum absolute atomic E-state index is 0.270. The first-order valence-electron chi connectivity index (χ1n) is 5.62. The minimum atomic E-state index is -0.270. The van der Waals surface area contributed by atoms with Crippen molar-refractivity contribution >= 4 is 32.4 Å². The van der Waals surface area contributed by atoms with Gasteiger partial charge in [0.2, 0.25) is 0 Å². The molecule has 0 amide bonds. The van der Waals surface area contributed by atoms with Crippen LogP contribution in [0.4, 0.5) is 15.2 Å². The van der Waals surface area contributed by atoms with Gasteiger partial charge in [0, 0.05) is 0 Å². The molecule has 3 aromatic rings. The highest BCUT2D eigenvalue weighted by molar-refractivity contribution is 7.22. The average molecular weight is 258 g/mol. The van der Waals surface area contributed by atoms with Gasteiger partial charge < -0.3 is 5.32 Å². The number of nitrogens with one attached hydrogen (secondary N) is 1. The van der Waals surface area contributed by atoms with E-state index >= 15 is 0 Å². The van der Waals surface area contributed by atoms with Crippen LogP contribution in [0.1, 0.15) is 5.56 Å². The van der Waals surface area contributed by atoms with Crippen molar-refractivity contribution < 1.29 is 4.39 Å². The van der Waals surface area contributed by atoms with Crippen molar-refractivity contribution in [2.45, 2.75) is 6.92 Å². The third-order valence-corrected chi connectivity index (χ3v) is 3.67. The molecule has 0 saturated heterocycles. The zero-order chi connectivity index (χ0) is 12.5. The number of nitrogens with zero attached hydrogens (tertiary/aromatic N) is 1. The summed E-state index contributed by atoms with van der Waals surface area (Å²) in [5.74, 6) is -0.270. The molecule has 2 nitrogen and oxygen atoms in total. The molecule has 0 unspecified atom stereocenters. The lowest BCUT2D eigenvalue weighted by atomic mass is 10.2. The van der Waals surface area contributed by atoms with Crippen LogP contribution in [0.3, 0.4) is 0 Å². The van der Waals surface area contributed by atoms with Crippen molar-refractivity contribution in [3.8, 4) is 0 Å². The maximum Gasteiger partial charge on any atom is 0.188 e. The van der Waals surface area contributed by atoms with Gasteiger partial charge in [-0.2, -0.15) is 0 Å². The Balaban J connectivity index is 2.01. The monoisotopic (exact) mass is 258 g/mol. The minimum Gasteiger partial charge on any atom is -0.329 e. The first-order chi connectivity index (χ1) is 8.74. The van der Waals surface area contributed by atoms with E-state index in [0.717, 1.165) is 15.8 Å². The summed E-state index contributed by atoms with van der Waals surface area (Å²) in [6.45, 7) is 2.02. The Morgan fingerprint density at radius 1 is 1.11 bits per heavy atom. The summed E-state index contributed by atoms with van der Waals surface area (Å²) >= 11 is 1.53. The number of aryl methyl sites for hydroxylation is 1. The van der Waals surface area contributed by atoms with E-state index in [1.807, 2.05) is 25.1 Å². The van der Waals surface area contributed by atoms with Gasteiger partial charge in [-0.05, 0) is 30.7 Å². The number of thiazole rings is 1. The Labute approximate surface area is 108 Å². The molecule has 3 rings (SSSR count). The van der Waals surface area contributed by atoms with Crippen LogP contribution in [0.5, 0.6) is 0 Å².